The van der Waals surface area contributed by atoms with Crippen molar-refractivity contribution in [3.8, 4) is 5.75 Å². The molecule has 7 nitrogen and oxygen atoms in total. The van der Waals surface area contributed by atoms with Crippen molar-refractivity contribution in [2.75, 3.05) is 13.2 Å². The number of para-hydroxylation sites is 1. The van der Waals surface area contributed by atoms with E-state index in [0.717, 1.165) is 3.93 Å². The molecule has 1 aromatic carbocycles. The average molecular weight is 471 g/mol. The summed E-state index contributed by atoms with van der Waals surface area (Å²) >= 11 is 0.480. The van der Waals surface area contributed by atoms with Crippen molar-refractivity contribution in [2.24, 2.45) is 0 Å². The van der Waals surface area contributed by atoms with Crippen LogP contribution in [0.3, 0.4) is 0 Å². The normalized spacial score (nSPS) is 11.2. The van der Waals surface area contributed by atoms with Gasteiger partial charge in [0.2, 0.25) is 0 Å². The molecule has 1 unspecified atom stereocenters. The van der Waals surface area contributed by atoms with Gasteiger partial charge in [0.05, 0.1) is 0 Å². The molecule has 8 heteroatoms. The van der Waals surface area contributed by atoms with Crippen LogP contribution >= 0.6 is 0 Å². The zero-order chi connectivity index (χ0) is 14.3. The molecular weight excluding hydrogens is 455 g/mol. The predicted molar refractivity (Wildman–Crippen MR) is 66.3 cm³/mol. The van der Waals surface area contributed by atoms with E-state index in [4.69, 9.17) is 9.84 Å². The molecule has 1 amide bonds. The van der Waals surface area contributed by atoms with Gasteiger partial charge < -0.3 is 5.48 Å². The molecule has 107 valence electrons. The van der Waals surface area contributed by atoms with Crippen LogP contribution in [0.5, 0.6) is 5.75 Å². The number of benzene rings is 1. The molecular formula is C12H16HgNO6. The van der Waals surface area contributed by atoms with Crippen molar-refractivity contribution in [1.82, 2.24) is 5.32 Å². The molecule has 1 aromatic rings. The van der Waals surface area contributed by atoms with Gasteiger partial charge in [0.25, 0.3) is 0 Å². The molecule has 1 rings (SSSR count). The third-order valence-electron chi connectivity index (χ3n) is 2.31. The molecule has 0 saturated carbocycles. The number of aliphatic hydroxyl groups excluding tert-OH is 1. The maximum absolute atomic E-state index is 11.9. The summed E-state index contributed by atoms with van der Waals surface area (Å²) in [5.74, 6) is -1.28. The summed E-state index contributed by atoms with van der Waals surface area (Å²) in [6.07, 6.45) is -0.514. The van der Waals surface area contributed by atoms with Crippen LogP contribution < -0.4 is 10.1 Å². The van der Waals surface area contributed by atoms with Crippen molar-refractivity contribution in [1.29, 1.82) is 0 Å². The van der Waals surface area contributed by atoms with Gasteiger partial charge in [-0.1, -0.05) is 0 Å². The van der Waals surface area contributed by atoms with Crippen LogP contribution in [0.1, 0.15) is 10.4 Å². The van der Waals surface area contributed by atoms with Gasteiger partial charge in [0.1, 0.15) is 0 Å². The van der Waals surface area contributed by atoms with Crippen LogP contribution in [0, 0.1) is 0 Å². The van der Waals surface area contributed by atoms with Gasteiger partial charge >= 0.3 is 127 Å². The Bertz CT molecular complexity index is 453. The number of rotatable bonds is 7. The Balaban J connectivity index is 0.00000361. The van der Waals surface area contributed by atoms with E-state index in [-0.39, 0.29) is 29.2 Å². The third-order valence-corrected chi connectivity index (χ3v) is 4.91. The summed E-state index contributed by atoms with van der Waals surface area (Å²) < 4.78 is 5.77. The number of carboxylic acid groups (broad SMARTS) is 1. The summed E-state index contributed by atoms with van der Waals surface area (Å²) in [5.41, 5.74) is 0.259. The molecule has 0 aromatic heterocycles. The van der Waals surface area contributed by atoms with Crippen LogP contribution in [-0.2, 0) is 30.9 Å². The van der Waals surface area contributed by atoms with Gasteiger partial charge in [0.15, 0.2) is 0 Å². The van der Waals surface area contributed by atoms with E-state index in [9.17, 15) is 14.7 Å². The number of ether oxygens (including phenoxy) is 1. The third kappa shape index (κ3) is 6.31. The van der Waals surface area contributed by atoms with E-state index in [0.29, 0.717) is 26.1 Å². The van der Waals surface area contributed by atoms with Crippen molar-refractivity contribution in [3.63, 3.8) is 0 Å². The van der Waals surface area contributed by atoms with Gasteiger partial charge in [-0.25, -0.2) is 0 Å². The number of aliphatic hydroxyl groups is 1. The van der Waals surface area contributed by atoms with Crippen molar-refractivity contribution in [2.45, 2.75) is 10.0 Å². The Hall–Kier alpha value is -1.18. The second-order valence-corrected chi connectivity index (χ2v) is 6.08. The quantitative estimate of drug-likeness (QED) is 0.458. The van der Waals surface area contributed by atoms with Crippen LogP contribution in [0.4, 0.5) is 0 Å². The van der Waals surface area contributed by atoms with Gasteiger partial charge in [0, 0.05) is 0 Å². The second-order valence-electron chi connectivity index (χ2n) is 3.83. The molecule has 0 heterocycles. The fourth-order valence-electron chi connectivity index (χ4n) is 1.33. The van der Waals surface area contributed by atoms with Crippen LogP contribution in [-0.4, -0.2) is 46.8 Å². The Morgan fingerprint density at radius 3 is 2.60 bits per heavy atom. The van der Waals surface area contributed by atoms with Crippen LogP contribution in [0.25, 0.3) is 0 Å². The molecule has 5 N–H and O–H groups in total. The zero-order valence-electron chi connectivity index (χ0n) is 10.8. The molecule has 0 spiro atoms. The predicted octanol–water partition coefficient (Wildman–Crippen LogP) is -0.619. The van der Waals surface area contributed by atoms with Crippen LogP contribution in [0.15, 0.2) is 24.3 Å². The molecule has 0 aliphatic heterocycles. The molecule has 0 radical (unpaired) electrons. The van der Waals surface area contributed by atoms with Crippen molar-refractivity contribution < 1.29 is 56.1 Å². The number of carbonyl (C=O) groups is 2. The summed E-state index contributed by atoms with van der Waals surface area (Å²) in [7, 11) is 0. The second kappa shape index (κ2) is 9.68. The SMILES string of the molecule is O.O=C(O)COc1ccccc1C(=O)NCC(O)[CH2][Hg]. The topological polar surface area (TPSA) is 127 Å². The van der Waals surface area contributed by atoms with Crippen molar-refractivity contribution in [3.05, 3.63) is 29.8 Å². The number of carboxylic acids is 1. The van der Waals surface area contributed by atoms with E-state index in [1.165, 1.54) is 6.07 Å². The molecule has 0 fully saturated rings. The minimum absolute atomic E-state index is 0. The first-order valence-corrected chi connectivity index (χ1v) is 9.62. The average Bonchev–Trinajstić information content (AvgIpc) is 2.42. The van der Waals surface area contributed by atoms with E-state index >= 15 is 0 Å². The van der Waals surface area contributed by atoms with E-state index in [1.54, 1.807) is 18.2 Å². The first-order valence-electron chi connectivity index (χ1n) is 5.73. The standard InChI is InChI=1S/C12H14NO5.Hg.H2O/c1-8(14)6-13-12(17)9-4-2-3-5-10(9)18-7-11(15)16;;/h2-5,8,14H,1,6-7H2,(H,13,17)(H,15,16);;1H2. The van der Waals surface area contributed by atoms with E-state index < -0.39 is 18.7 Å². The monoisotopic (exact) mass is 472 g/mol. The van der Waals surface area contributed by atoms with Gasteiger partial charge in [-0.2, -0.15) is 0 Å². The number of hydrogen-bond donors (Lipinski definition) is 3. The number of amides is 1. The Kier molecular flexibility index (Phi) is 9.10. The Morgan fingerprint density at radius 1 is 1.35 bits per heavy atom. The summed E-state index contributed by atoms with van der Waals surface area (Å²) in [5, 5.41) is 20.6. The minimum atomic E-state index is -1.11. The van der Waals surface area contributed by atoms with Gasteiger partial charge in [-0.15, -0.1) is 0 Å². The van der Waals surface area contributed by atoms with Gasteiger partial charge in [-0.05, 0) is 0 Å². The molecule has 0 aliphatic carbocycles. The molecule has 0 aliphatic rings. The molecule has 0 bridgehead atoms. The first-order chi connectivity index (χ1) is 9.04. The number of carbonyl (C=O) groups excluding carboxylic acids is 1. The number of aliphatic carboxylic acids is 1. The fourth-order valence-corrected chi connectivity index (χ4v) is 2.12. The molecule has 20 heavy (non-hydrogen) atoms. The van der Waals surface area contributed by atoms with Gasteiger partial charge in [-0.3, -0.25) is 0 Å². The van der Waals surface area contributed by atoms with E-state index in [1.807, 2.05) is 0 Å². The van der Waals surface area contributed by atoms with E-state index in [2.05, 4.69) is 5.32 Å². The molecule has 0 saturated heterocycles. The first kappa shape index (κ1) is 18.8. The number of nitrogens with one attached hydrogen (secondary N) is 1. The van der Waals surface area contributed by atoms with Crippen LogP contribution in [0.2, 0.25) is 3.93 Å². The summed E-state index contributed by atoms with van der Waals surface area (Å²) in [6.45, 7) is -0.314. The Morgan fingerprint density at radius 2 is 2.00 bits per heavy atom. The summed E-state index contributed by atoms with van der Waals surface area (Å²) in [4.78, 5) is 22.4. The Labute approximate surface area is 132 Å². The van der Waals surface area contributed by atoms with Crippen molar-refractivity contribution >= 4 is 11.9 Å². The number of hydrogen-bond acceptors (Lipinski definition) is 4. The molecule has 1 atom stereocenters. The summed E-state index contributed by atoms with van der Waals surface area (Å²) in [6, 6.07) is 6.39. The maximum atomic E-state index is 11.9. The fraction of sp³-hybridized carbons (Fsp3) is 0.333. The zero-order valence-corrected chi connectivity index (χ0v) is 16.3.